The standard InChI is InChI=1S/C20H14N4.C2H4N2O2/c1-2-14-10-16-5-6-18(23-16)12-20-8-7-19(24-20)11-17-4-3-15(22-17)9-13(1)21-14;5-1-3-4-2-6/h1-12,21,24H;1-2H,(H,3,5)(H,4,6). The summed E-state index contributed by atoms with van der Waals surface area (Å²) in [4.78, 5) is 34.5. The number of H-pyrrole nitrogens is 2. The van der Waals surface area contributed by atoms with Crippen LogP contribution in [0.4, 0.5) is 0 Å². The van der Waals surface area contributed by atoms with Crippen LogP contribution in [0.15, 0.2) is 48.5 Å². The molecular weight excluding hydrogens is 380 g/mol. The van der Waals surface area contributed by atoms with Gasteiger partial charge in [0.2, 0.25) is 12.8 Å². The molecule has 0 fully saturated rings. The van der Waals surface area contributed by atoms with Gasteiger partial charge in [-0.05, 0) is 72.8 Å². The Balaban J connectivity index is 0.000000322. The van der Waals surface area contributed by atoms with Gasteiger partial charge in [0.05, 0.1) is 22.8 Å². The summed E-state index contributed by atoms with van der Waals surface area (Å²) in [5.41, 5.74) is 11.7. The molecule has 0 aromatic carbocycles. The van der Waals surface area contributed by atoms with Crippen LogP contribution in [-0.2, 0) is 9.59 Å². The molecule has 0 saturated heterocycles. The molecule has 5 rings (SSSR count). The SMILES string of the molecule is C1=Cc2cc3ccc(cc4nc(cc5ccc(cc1n2)[nH]5)C=C4)[nH]3.O=CNNC=O. The zero-order valence-corrected chi connectivity index (χ0v) is 15.8. The minimum atomic E-state index is 0.369. The number of aromatic amines is 2. The Hall–Kier alpha value is -4.46. The van der Waals surface area contributed by atoms with Crippen molar-refractivity contribution in [3.05, 3.63) is 71.3 Å². The molecule has 8 nitrogen and oxygen atoms in total. The summed E-state index contributed by atoms with van der Waals surface area (Å²) in [7, 11) is 0. The first kappa shape index (κ1) is 18.9. The monoisotopic (exact) mass is 398 g/mol. The van der Waals surface area contributed by atoms with Gasteiger partial charge < -0.3 is 9.97 Å². The number of rotatable bonds is 3. The molecule has 3 aromatic heterocycles. The second-order valence-electron chi connectivity index (χ2n) is 6.43. The zero-order valence-electron chi connectivity index (χ0n) is 15.8. The summed E-state index contributed by atoms with van der Waals surface area (Å²) in [6, 6.07) is 16.4. The fourth-order valence-corrected chi connectivity index (χ4v) is 3.01. The Morgan fingerprint density at radius 2 is 0.867 bits per heavy atom. The zero-order chi connectivity index (χ0) is 20.8. The molecule has 0 saturated carbocycles. The molecule has 0 aliphatic carbocycles. The molecule has 30 heavy (non-hydrogen) atoms. The topological polar surface area (TPSA) is 116 Å². The predicted molar refractivity (Wildman–Crippen MR) is 117 cm³/mol. The van der Waals surface area contributed by atoms with Gasteiger partial charge in [-0.2, -0.15) is 0 Å². The van der Waals surface area contributed by atoms with Gasteiger partial charge in [-0.15, -0.1) is 0 Å². The fourth-order valence-electron chi connectivity index (χ4n) is 3.01. The lowest BCUT2D eigenvalue weighted by atomic mass is 10.3. The largest absolute Gasteiger partial charge is 0.355 e. The summed E-state index contributed by atoms with van der Waals surface area (Å²) < 4.78 is 0. The van der Waals surface area contributed by atoms with Gasteiger partial charge in [-0.1, -0.05) is 0 Å². The number of hydrogen-bond acceptors (Lipinski definition) is 4. The third-order valence-corrected chi connectivity index (χ3v) is 4.24. The predicted octanol–water partition coefficient (Wildman–Crippen LogP) is 3.05. The maximum absolute atomic E-state index is 9.23. The molecule has 8 bridgehead atoms. The molecule has 8 heteroatoms. The number of carbonyl (C=O) groups excluding carboxylic acids is 2. The smallest absolute Gasteiger partial charge is 0.225 e. The van der Waals surface area contributed by atoms with Crippen molar-refractivity contribution in [3.8, 4) is 0 Å². The van der Waals surface area contributed by atoms with E-state index in [0.29, 0.717) is 12.8 Å². The average Bonchev–Trinajstić information content (AvgIpc) is 3.52. The summed E-state index contributed by atoms with van der Waals surface area (Å²) in [5, 5.41) is 0. The van der Waals surface area contributed by atoms with E-state index < -0.39 is 0 Å². The average molecular weight is 398 g/mol. The molecule has 4 N–H and O–H groups in total. The molecule has 5 heterocycles. The minimum Gasteiger partial charge on any atom is -0.355 e. The highest BCUT2D eigenvalue weighted by Gasteiger charge is 2.01. The third-order valence-electron chi connectivity index (χ3n) is 4.24. The summed E-state index contributed by atoms with van der Waals surface area (Å²) in [6.07, 6.45) is 8.83. The van der Waals surface area contributed by atoms with Crippen molar-refractivity contribution in [2.45, 2.75) is 0 Å². The first-order chi connectivity index (χ1) is 14.7. The van der Waals surface area contributed by atoms with Gasteiger partial charge in [0.25, 0.3) is 0 Å². The Morgan fingerprint density at radius 1 is 0.567 bits per heavy atom. The maximum atomic E-state index is 9.23. The number of amides is 2. The number of hydrogen-bond donors (Lipinski definition) is 4. The highest BCUT2D eigenvalue weighted by Crippen LogP contribution is 2.16. The van der Waals surface area contributed by atoms with E-state index >= 15 is 0 Å². The lowest BCUT2D eigenvalue weighted by molar-refractivity contribution is -0.116. The Kier molecular flexibility index (Phi) is 5.47. The quantitative estimate of drug-likeness (QED) is 0.212. The molecule has 0 unspecified atom stereocenters. The van der Waals surface area contributed by atoms with Crippen molar-refractivity contribution in [2.24, 2.45) is 0 Å². The second-order valence-corrected chi connectivity index (χ2v) is 6.43. The van der Waals surface area contributed by atoms with Crippen molar-refractivity contribution in [1.82, 2.24) is 30.8 Å². The number of nitrogens with zero attached hydrogens (tertiary/aromatic N) is 2. The van der Waals surface area contributed by atoms with Gasteiger partial charge in [0, 0.05) is 22.1 Å². The molecule has 2 amide bonds. The van der Waals surface area contributed by atoms with E-state index in [2.05, 4.69) is 44.2 Å². The van der Waals surface area contributed by atoms with E-state index in [0.717, 1.165) is 44.8 Å². The summed E-state index contributed by atoms with van der Waals surface area (Å²) >= 11 is 0. The molecule has 2 aliphatic heterocycles. The fraction of sp³-hybridized carbons (Fsp3) is 0. The van der Waals surface area contributed by atoms with Crippen LogP contribution in [0, 0.1) is 0 Å². The lowest BCUT2D eigenvalue weighted by Crippen LogP contribution is -2.28. The van der Waals surface area contributed by atoms with Crippen LogP contribution in [-0.4, -0.2) is 32.8 Å². The number of aromatic nitrogens is 4. The molecule has 0 atom stereocenters. The lowest BCUT2D eigenvalue weighted by Gasteiger charge is -1.85. The summed E-state index contributed by atoms with van der Waals surface area (Å²) in [5.74, 6) is 0. The second kappa shape index (κ2) is 8.70. The first-order valence-corrected chi connectivity index (χ1v) is 9.15. The Labute approximate surface area is 171 Å². The van der Waals surface area contributed by atoms with E-state index in [9.17, 15) is 9.59 Å². The molecular formula is C22H18N6O2. The van der Waals surface area contributed by atoms with Crippen molar-refractivity contribution in [3.63, 3.8) is 0 Å². The number of nitrogens with one attached hydrogen (secondary N) is 4. The van der Waals surface area contributed by atoms with Crippen LogP contribution in [0.2, 0.25) is 0 Å². The molecule has 3 aromatic rings. The van der Waals surface area contributed by atoms with Gasteiger partial charge >= 0.3 is 0 Å². The van der Waals surface area contributed by atoms with Crippen molar-refractivity contribution in [2.75, 3.05) is 0 Å². The van der Waals surface area contributed by atoms with Crippen LogP contribution in [0.25, 0.3) is 46.4 Å². The summed E-state index contributed by atoms with van der Waals surface area (Å²) in [6.45, 7) is 0. The third kappa shape index (κ3) is 4.68. The van der Waals surface area contributed by atoms with Crippen LogP contribution in [0.3, 0.4) is 0 Å². The molecule has 0 radical (unpaired) electrons. The Morgan fingerprint density at radius 3 is 1.13 bits per heavy atom. The molecule has 148 valence electrons. The van der Waals surface area contributed by atoms with E-state index in [1.807, 2.05) is 59.4 Å². The van der Waals surface area contributed by atoms with Crippen LogP contribution >= 0.6 is 0 Å². The van der Waals surface area contributed by atoms with Gasteiger partial charge in [-0.25, -0.2) is 9.97 Å². The van der Waals surface area contributed by atoms with Crippen molar-refractivity contribution in [1.29, 1.82) is 0 Å². The number of fused-ring (bicyclic) bond motifs is 8. The maximum Gasteiger partial charge on any atom is 0.225 e. The highest BCUT2D eigenvalue weighted by molar-refractivity contribution is 5.77. The van der Waals surface area contributed by atoms with Crippen LogP contribution in [0.1, 0.15) is 22.8 Å². The number of carbonyl (C=O) groups is 2. The highest BCUT2D eigenvalue weighted by atomic mass is 16.2. The van der Waals surface area contributed by atoms with Crippen LogP contribution < -0.4 is 10.9 Å². The van der Waals surface area contributed by atoms with E-state index in [1.165, 1.54) is 0 Å². The van der Waals surface area contributed by atoms with E-state index in [-0.39, 0.29) is 0 Å². The molecule has 0 spiro atoms. The van der Waals surface area contributed by atoms with Crippen molar-refractivity contribution >= 4 is 59.2 Å². The Bertz CT molecular complexity index is 1120. The normalized spacial score (nSPS) is 11.3. The van der Waals surface area contributed by atoms with E-state index in [1.54, 1.807) is 0 Å². The van der Waals surface area contributed by atoms with E-state index in [4.69, 9.17) is 0 Å². The van der Waals surface area contributed by atoms with Gasteiger partial charge in [0.1, 0.15) is 0 Å². The molecule has 2 aliphatic rings. The van der Waals surface area contributed by atoms with Gasteiger partial charge in [0.15, 0.2) is 0 Å². The first-order valence-electron chi connectivity index (χ1n) is 9.15. The van der Waals surface area contributed by atoms with Crippen molar-refractivity contribution < 1.29 is 9.59 Å². The van der Waals surface area contributed by atoms with Gasteiger partial charge in [-0.3, -0.25) is 20.4 Å². The van der Waals surface area contributed by atoms with Crippen LogP contribution in [0.5, 0.6) is 0 Å². The minimum absolute atomic E-state index is 0.369. The number of hydrazine groups is 1.